The molecule has 0 spiro atoms. The number of rotatable bonds is 3. The van der Waals surface area contributed by atoms with E-state index in [1.54, 1.807) is 0 Å². The predicted octanol–water partition coefficient (Wildman–Crippen LogP) is 2.56. The molecule has 1 amide bonds. The maximum atomic E-state index is 12.9. The Morgan fingerprint density at radius 1 is 1.25 bits per heavy atom. The summed E-state index contributed by atoms with van der Waals surface area (Å²) in [5.74, 6) is 0.940. The van der Waals surface area contributed by atoms with E-state index in [9.17, 15) is 4.79 Å². The molecule has 2 aliphatic carbocycles. The van der Waals surface area contributed by atoms with Crippen molar-refractivity contribution in [2.24, 2.45) is 11.3 Å². The lowest BCUT2D eigenvalue weighted by Crippen LogP contribution is -2.51. The molecule has 20 heavy (non-hydrogen) atoms. The molecule has 2 saturated carbocycles. The molecule has 0 aromatic rings. The van der Waals surface area contributed by atoms with Crippen molar-refractivity contribution >= 4 is 17.7 Å². The van der Waals surface area contributed by atoms with Gasteiger partial charge in [-0.3, -0.25) is 4.79 Å². The van der Waals surface area contributed by atoms with Crippen molar-refractivity contribution in [1.82, 2.24) is 10.6 Å². The average molecular weight is 296 g/mol. The summed E-state index contributed by atoms with van der Waals surface area (Å²) in [6.45, 7) is 1.95. The fourth-order valence-corrected chi connectivity index (χ4v) is 5.34. The monoisotopic (exact) mass is 296 g/mol. The highest BCUT2D eigenvalue weighted by Crippen LogP contribution is 2.44. The maximum absolute atomic E-state index is 12.9. The second kappa shape index (κ2) is 6.27. The largest absolute Gasteiger partial charge is 0.353 e. The summed E-state index contributed by atoms with van der Waals surface area (Å²) in [7, 11) is 0. The minimum atomic E-state index is -0.0788. The minimum Gasteiger partial charge on any atom is -0.353 e. The fourth-order valence-electron chi connectivity index (χ4n) is 4.51. The SMILES string of the molecule is CSC1CCCC(NC(=O)[C@@]23CCCC[C@H]2CNC3)C1. The van der Waals surface area contributed by atoms with Gasteiger partial charge in [-0.2, -0.15) is 11.8 Å². The first-order valence-electron chi connectivity index (χ1n) is 8.29. The van der Waals surface area contributed by atoms with Gasteiger partial charge < -0.3 is 10.6 Å². The van der Waals surface area contributed by atoms with Crippen LogP contribution in [0.4, 0.5) is 0 Å². The first-order chi connectivity index (χ1) is 9.74. The van der Waals surface area contributed by atoms with Crippen molar-refractivity contribution in [2.75, 3.05) is 19.3 Å². The zero-order valence-corrected chi connectivity index (χ0v) is 13.4. The molecular formula is C16H28N2OS. The van der Waals surface area contributed by atoms with Crippen LogP contribution in [-0.4, -0.2) is 36.5 Å². The van der Waals surface area contributed by atoms with Crippen molar-refractivity contribution < 1.29 is 4.79 Å². The van der Waals surface area contributed by atoms with Gasteiger partial charge in [-0.15, -0.1) is 0 Å². The second-order valence-corrected chi connectivity index (χ2v) is 8.06. The lowest BCUT2D eigenvalue weighted by Gasteiger charge is -2.39. The van der Waals surface area contributed by atoms with Crippen LogP contribution in [0.3, 0.4) is 0 Å². The molecule has 1 heterocycles. The number of carbonyl (C=O) groups is 1. The molecule has 114 valence electrons. The molecule has 3 nitrogen and oxygen atoms in total. The summed E-state index contributed by atoms with van der Waals surface area (Å²) in [5.41, 5.74) is -0.0788. The van der Waals surface area contributed by atoms with Gasteiger partial charge in [0.25, 0.3) is 0 Å². The summed E-state index contributed by atoms with van der Waals surface area (Å²) in [4.78, 5) is 12.9. The Bertz CT molecular complexity index is 362. The Labute approximate surface area is 127 Å². The summed E-state index contributed by atoms with van der Waals surface area (Å²) < 4.78 is 0. The molecular weight excluding hydrogens is 268 g/mol. The van der Waals surface area contributed by atoms with Crippen molar-refractivity contribution in [2.45, 2.75) is 62.7 Å². The van der Waals surface area contributed by atoms with Gasteiger partial charge in [0.1, 0.15) is 0 Å². The van der Waals surface area contributed by atoms with Crippen LogP contribution in [0.15, 0.2) is 0 Å². The number of carbonyl (C=O) groups excluding carboxylic acids is 1. The lowest BCUT2D eigenvalue weighted by atomic mass is 9.67. The molecule has 3 rings (SSSR count). The van der Waals surface area contributed by atoms with Gasteiger partial charge in [-0.25, -0.2) is 0 Å². The van der Waals surface area contributed by atoms with Crippen LogP contribution in [0.1, 0.15) is 51.4 Å². The van der Waals surface area contributed by atoms with E-state index in [0.717, 1.165) is 24.8 Å². The van der Waals surface area contributed by atoms with Gasteiger partial charge in [-0.1, -0.05) is 19.3 Å². The number of hydrogen-bond donors (Lipinski definition) is 2. The summed E-state index contributed by atoms with van der Waals surface area (Å²) in [6.07, 6.45) is 12.0. The van der Waals surface area contributed by atoms with Crippen LogP contribution >= 0.6 is 11.8 Å². The predicted molar refractivity (Wildman–Crippen MR) is 85.0 cm³/mol. The van der Waals surface area contributed by atoms with E-state index in [4.69, 9.17) is 0 Å². The summed E-state index contributed by atoms with van der Waals surface area (Å²) in [6, 6.07) is 0.422. The van der Waals surface area contributed by atoms with Gasteiger partial charge in [0.05, 0.1) is 5.41 Å². The first-order valence-corrected chi connectivity index (χ1v) is 9.58. The van der Waals surface area contributed by atoms with E-state index >= 15 is 0 Å². The van der Waals surface area contributed by atoms with Crippen LogP contribution in [0.5, 0.6) is 0 Å². The van der Waals surface area contributed by atoms with E-state index < -0.39 is 0 Å². The van der Waals surface area contributed by atoms with E-state index in [1.165, 1.54) is 44.9 Å². The standard InChI is InChI=1S/C16H28N2OS/c1-20-14-7-4-6-13(9-14)18-15(19)16-8-3-2-5-12(16)10-17-11-16/h12-14,17H,2-11H2,1H3,(H,18,19)/t12-,13?,14?,16+/m0/s1. The van der Waals surface area contributed by atoms with Crippen LogP contribution in [-0.2, 0) is 4.79 Å². The first kappa shape index (κ1) is 14.7. The van der Waals surface area contributed by atoms with E-state index in [0.29, 0.717) is 17.9 Å². The zero-order chi connectivity index (χ0) is 14.0. The Balaban J connectivity index is 1.63. The Morgan fingerprint density at radius 3 is 3.00 bits per heavy atom. The highest BCUT2D eigenvalue weighted by atomic mass is 32.2. The minimum absolute atomic E-state index is 0.0788. The lowest BCUT2D eigenvalue weighted by molar-refractivity contribution is -0.135. The van der Waals surface area contributed by atoms with Gasteiger partial charge in [-0.05, 0) is 50.8 Å². The van der Waals surface area contributed by atoms with Gasteiger partial charge in [0, 0.05) is 17.8 Å². The number of thioether (sulfide) groups is 1. The second-order valence-electron chi connectivity index (χ2n) is 6.92. The van der Waals surface area contributed by atoms with Crippen LogP contribution in [0.2, 0.25) is 0 Å². The summed E-state index contributed by atoms with van der Waals surface area (Å²) >= 11 is 1.97. The number of nitrogens with one attached hydrogen (secondary N) is 2. The molecule has 0 aromatic carbocycles. The molecule has 3 fully saturated rings. The molecule has 3 aliphatic rings. The average Bonchev–Trinajstić information content (AvgIpc) is 2.92. The third kappa shape index (κ3) is 2.74. The van der Waals surface area contributed by atoms with E-state index in [2.05, 4.69) is 16.9 Å². The Hall–Kier alpha value is -0.220. The Morgan fingerprint density at radius 2 is 2.15 bits per heavy atom. The number of hydrogen-bond acceptors (Lipinski definition) is 3. The topological polar surface area (TPSA) is 41.1 Å². The summed E-state index contributed by atoms with van der Waals surface area (Å²) in [5, 5.41) is 7.65. The smallest absolute Gasteiger partial charge is 0.228 e. The zero-order valence-electron chi connectivity index (χ0n) is 12.6. The molecule has 0 aromatic heterocycles. The molecule has 1 saturated heterocycles. The Kier molecular flexibility index (Phi) is 4.61. The van der Waals surface area contributed by atoms with E-state index in [1.807, 2.05) is 11.8 Å². The number of fused-ring (bicyclic) bond motifs is 1. The maximum Gasteiger partial charge on any atom is 0.228 e. The molecule has 2 unspecified atom stereocenters. The van der Waals surface area contributed by atoms with Gasteiger partial charge in [0.15, 0.2) is 0 Å². The number of amides is 1. The molecule has 4 atom stereocenters. The van der Waals surface area contributed by atoms with Crippen molar-refractivity contribution in [3.63, 3.8) is 0 Å². The van der Waals surface area contributed by atoms with Crippen molar-refractivity contribution in [1.29, 1.82) is 0 Å². The highest BCUT2D eigenvalue weighted by molar-refractivity contribution is 7.99. The van der Waals surface area contributed by atoms with Gasteiger partial charge in [0.2, 0.25) is 5.91 Å². The van der Waals surface area contributed by atoms with E-state index in [-0.39, 0.29) is 5.41 Å². The highest BCUT2D eigenvalue weighted by Gasteiger charge is 2.50. The quantitative estimate of drug-likeness (QED) is 0.841. The molecule has 1 aliphatic heterocycles. The van der Waals surface area contributed by atoms with Crippen LogP contribution in [0, 0.1) is 11.3 Å². The fraction of sp³-hybridized carbons (Fsp3) is 0.938. The van der Waals surface area contributed by atoms with Crippen molar-refractivity contribution in [3.8, 4) is 0 Å². The normalized spacial score (nSPS) is 41.1. The molecule has 0 bridgehead atoms. The third-order valence-electron chi connectivity index (χ3n) is 5.78. The van der Waals surface area contributed by atoms with Gasteiger partial charge >= 0.3 is 0 Å². The van der Waals surface area contributed by atoms with Crippen LogP contribution < -0.4 is 10.6 Å². The molecule has 2 N–H and O–H groups in total. The molecule has 0 radical (unpaired) electrons. The molecule has 4 heteroatoms. The van der Waals surface area contributed by atoms with Crippen LogP contribution in [0.25, 0.3) is 0 Å². The van der Waals surface area contributed by atoms with Crippen molar-refractivity contribution in [3.05, 3.63) is 0 Å². The third-order valence-corrected chi connectivity index (χ3v) is 6.88.